The maximum atomic E-state index is 12.7. The summed E-state index contributed by atoms with van der Waals surface area (Å²) in [6.07, 6.45) is 4.27. The quantitative estimate of drug-likeness (QED) is 0.585. The zero-order valence-electron chi connectivity index (χ0n) is 19.2. The molecule has 176 valence electrons. The largest absolute Gasteiger partial charge is 0.457 e. The number of H-pyrrole nitrogens is 1. The standard InChI is InChI=1S/C22H33N5O5/c1-4-7-12-27-19-18(20(29)24-22(27)31)26(10-5-2)16(23-19)14-32-21(30)15-9-8-11-25(13-15)17(28)6-3/h15H,4-14H2,1-3H3,(H,24,29,31). The molecule has 1 saturated heterocycles. The van der Waals surface area contributed by atoms with Crippen LogP contribution in [0.3, 0.4) is 0 Å². The first-order valence-corrected chi connectivity index (χ1v) is 11.6. The number of amides is 1. The van der Waals surface area contributed by atoms with E-state index in [0.717, 1.165) is 25.7 Å². The van der Waals surface area contributed by atoms with Crippen molar-refractivity contribution in [1.82, 2.24) is 24.0 Å². The lowest BCUT2D eigenvalue weighted by Crippen LogP contribution is -2.42. The summed E-state index contributed by atoms with van der Waals surface area (Å²) in [7, 11) is 0. The molecular formula is C22H33N5O5. The molecule has 3 heterocycles. The number of piperidine rings is 1. The Balaban J connectivity index is 1.85. The number of aromatic nitrogens is 4. The van der Waals surface area contributed by atoms with E-state index in [1.807, 2.05) is 20.8 Å². The van der Waals surface area contributed by atoms with Crippen molar-refractivity contribution in [1.29, 1.82) is 0 Å². The van der Waals surface area contributed by atoms with Gasteiger partial charge in [-0.05, 0) is 25.7 Å². The van der Waals surface area contributed by atoms with E-state index < -0.39 is 11.2 Å². The summed E-state index contributed by atoms with van der Waals surface area (Å²) in [5.41, 5.74) is -0.323. The second kappa shape index (κ2) is 10.6. The van der Waals surface area contributed by atoms with Gasteiger partial charge in [-0.3, -0.25) is 23.9 Å². The Hall–Kier alpha value is -2.91. The number of nitrogens with one attached hydrogen (secondary N) is 1. The number of rotatable bonds is 9. The number of hydrogen-bond acceptors (Lipinski definition) is 6. The topological polar surface area (TPSA) is 119 Å². The van der Waals surface area contributed by atoms with Crippen LogP contribution in [0.5, 0.6) is 0 Å². The van der Waals surface area contributed by atoms with Gasteiger partial charge in [0, 0.05) is 32.6 Å². The van der Waals surface area contributed by atoms with Gasteiger partial charge in [0.25, 0.3) is 5.56 Å². The zero-order chi connectivity index (χ0) is 23.3. The van der Waals surface area contributed by atoms with E-state index in [0.29, 0.717) is 56.0 Å². The van der Waals surface area contributed by atoms with Gasteiger partial charge in [-0.15, -0.1) is 0 Å². The second-order valence-electron chi connectivity index (χ2n) is 8.26. The Labute approximate surface area is 186 Å². The molecule has 1 fully saturated rings. The molecular weight excluding hydrogens is 414 g/mol. The van der Waals surface area contributed by atoms with Crippen LogP contribution in [0.2, 0.25) is 0 Å². The van der Waals surface area contributed by atoms with E-state index >= 15 is 0 Å². The lowest BCUT2D eigenvalue weighted by molar-refractivity contribution is -0.153. The molecule has 0 aliphatic carbocycles. The fourth-order valence-corrected chi connectivity index (χ4v) is 4.19. The van der Waals surface area contributed by atoms with Crippen molar-refractivity contribution >= 4 is 23.0 Å². The second-order valence-corrected chi connectivity index (χ2v) is 8.26. The van der Waals surface area contributed by atoms with Crippen LogP contribution in [-0.4, -0.2) is 49.0 Å². The average Bonchev–Trinajstić information content (AvgIpc) is 3.15. The first-order valence-electron chi connectivity index (χ1n) is 11.6. The highest BCUT2D eigenvalue weighted by Crippen LogP contribution is 2.20. The minimum absolute atomic E-state index is 0.0384. The van der Waals surface area contributed by atoms with Crippen LogP contribution in [0.1, 0.15) is 65.1 Å². The number of nitrogens with zero attached hydrogens (tertiary/aromatic N) is 4. The number of fused-ring (bicyclic) bond motifs is 1. The minimum atomic E-state index is -0.489. The van der Waals surface area contributed by atoms with Gasteiger partial charge in [0.15, 0.2) is 11.2 Å². The summed E-state index contributed by atoms with van der Waals surface area (Å²) in [5, 5.41) is 0. The highest BCUT2D eigenvalue weighted by Gasteiger charge is 2.29. The van der Waals surface area contributed by atoms with E-state index in [2.05, 4.69) is 9.97 Å². The summed E-state index contributed by atoms with van der Waals surface area (Å²) in [5.74, 6) is -0.259. The molecule has 2 aromatic rings. The van der Waals surface area contributed by atoms with Crippen LogP contribution < -0.4 is 11.2 Å². The fraction of sp³-hybridized carbons (Fsp3) is 0.682. The normalized spacial score (nSPS) is 16.5. The van der Waals surface area contributed by atoms with Crippen molar-refractivity contribution in [3.63, 3.8) is 0 Å². The molecule has 1 unspecified atom stereocenters. The van der Waals surface area contributed by atoms with E-state index in [-0.39, 0.29) is 24.4 Å². The Morgan fingerprint density at radius 2 is 1.91 bits per heavy atom. The molecule has 3 rings (SSSR count). The molecule has 1 aliphatic rings. The molecule has 2 aromatic heterocycles. The number of ether oxygens (including phenoxy) is 1. The maximum absolute atomic E-state index is 12.7. The molecule has 0 spiro atoms. The Morgan fingerprint density at radius 1 is 1.12 bits per heavy atom. The van der Waals surface area contributed by atoms with Crippen molar-refractivity contribution in [3.8, 4) is 0 Å². The number of hydrogen-bond donors (Lipinski definition) is 1. The van der Waals surface area contributed by atoms with E-state index in [1.165, 1.54) is 4.57 Å². The third-order valence-corrected chi connectivity index (χ3v) is 5.90. The number of esters is 1. The molecule has 1 atom stereocenters. The van der Waals surface area contributed by atoms with E-state index in [4.69, 9.17) is 4.74 Å². The summed E-state index contributed by atoms with van der Waals surface area (Å²) in [6, 6.07) is 0. The van der Waals surface area contributed by atoms with E-state index in [1.54, 1.807) is 9.47 Å². The van der Waals surface area contributed by atoms with Crippen LogP contribution in [0.15, 0.2) is 9.59 Å². The third kappa shape index (κ3) is 4.94. The van der Waals surface area contributed by atoms with Gasteiger partial charge < -0.3 is 14.2 Å². The maximum Gasteiger partial charge on any atom is 0.330 e. The predicted octanol–water partition coefficient (Wildman–Crippen LogP) is 1.79. The van der Waals surface area contributed by atoms with Gasteiger partial charge in [-0.1, -0.05) is 27.2 Å². The van der Waals surface area contributed by atoms with Gasteiger partial charge in [-0.2, -0.15) is 0 Å². The number of aryl methyl sites for hydroxylation is 2. The Bertz CT molecular complexity index is 1080. The lowest BCUT2D eigenvalue weighted by atomic mass is 9.98. The summed E-state index contributed by atoms with van der Waals surface area (Å²) in [4.78, 5) is 58.3. The summed E-state index contributed by atoms with van der Waals surface area (Å²) < 4.78 is 8.79. The molecule has 10 nitrogen and oxygen atoms in total. The highest BCUT2D eigenvalue weighted by molar-refractivity contribution is 5.78. The number of unbranched alkanes of at least 4 members (excludes halogenated alkanes) is 1. The molecule has 0 saturated carbocycles. The average molecular weight is 448 g/mol. The third-order valence-electron chi connectivity index (χ3n) is 5.90. The molecule has 0 aromatic carbocycles. The van der Waals surface area contributed by atoms with Crippen molar-refractivity contribution < 1.29 is 14.3 Å². The summed E-state index contributed by atoms with van der Waals surface area (Å²) >= 11 is 0. The number of carbonyl (C=O) groups is 2. The lowest BCUT2D eigenvalue weighted by Gasteiger charge is -2.31. The SMILES string of the molecule is CCCCn1c(=O)[nH]c(=O)c2c1nc(COC(=O)C1CCCN(C(=O)CC)C1)n2CCC. The van der Waals surface area contributed by atoms with Crippen molar-refractivity contribution in [2.75, 3.05) is 13.1 Å². The van der Waals surface area contributed by atoms with Crippen LogP contribution in [0, 0.1) is 5.92 Å². The van der Waals surface area contributed by atoms with Gasteiger partial charge in [0.1, 0.15) is 12.4 Å². The molecule has 10 heteroatoms. The van der Waals surface area contributed by atoms with Crippen molar-refractivity contribution in [3.05, 3.63) is 26.7 Å². The van der Waals surface area contributed by atoms with Crippen LogP contribution in [0.4, 0.5) is 0 Å². The van der Waals surface area contributed by atoms with Crippen LogP contribution >= 0.6 is 0 Å². The van der Waals surface area contributed by atoms with Crippen molar-refractivity contribution in [2.45, 2.75) is 79.0 Å². The zero-order valence-corrected chi connectivity index (χ0v) is 19.2. The van der Waals surface area contributed by atoms with Crippen molar-refractivity contribution in [2.24, 2.45) is 5.92 Å². The van der Waals surface area contributed by atoms with Gasteiger partial charge in [-0.25, -0.2) is 9.78 Å². The van der Waals surface area contributed by atoms with Gasteiger partial charge >= 0.3 is 11.7 Å². The van der Waals surface area contributed by atoms with Gasteiger partial charge in [0.05, 0.1) is 5.92 Å². The fourth-order valence-electron chi connectivity index (χ4n) is 4.19. The number of likely N-dealkylation sites (tertiary alicyclic amines) is 1. The molecule has 1 amide bonds. The van der Waals surface area contributed by atoms with Crippen LogP contribution in [0.25, 0.3) is 11.2 Å². The molecule has 32 heavy (non-hydrogen) atoms. The first kappa shape index (κ1) is 23.7. The Kier molecular flexibility index (Phi) is 7.87. The van der Waals surface area contributed by atoms with Crippen LogP contribution in [-0.2, 0) is 34.0 Å². The minimum Gasteiger partial charge on any atom is -0.457 e. The first-order chi connectivity index (χ1) is 15.4. The highest BCUT2D eigenvalue weighted by atomic mass is 16.5. The van der Waals surface area contributed by atoms with Gasteiger partial charge in [0.2, 0.25) is 5.91 Å². The Morgan fingerprint density at radius 3 is 2.59 bits per heavy atom. The summed E-state index contributed by atoms with van der Waals surface area (Å²) in [6.45, 7) is 7.72. The monoisotopic (exact) mass is 447 g/mol. The number of imidazole rings is 1. The molecule has 1 aliphatic heterocycles. The number of aromatic amines is 1. The molecule has 0 radical (unpaired) electrons. The smallest absolute Gasteiger partial charge is 0.330 e. The molecule has 1 N–H and O–H groups in total. The predicted molar refractivity (Wildman–Crippen MR) is 119 cm³/mol. The number of carbonyl (C=O) groups excluding carboxylic acids is 2. The molecule has 0 bridgehead atoms. The van der Waals surface area contributed by atoms with E-state index in [9.17, 15) is 19.2 Å².